The lowest BCUT2D eigenvalue weighted by Crippen LogP contribution is -2.03. The highest BCUT2D eigenvalue weighted by Gasteiger charge is 2.14. The number of benzene rings is 1. The fourth-order valence-corrected chi connectivity index (χ4v) is 2.21. The van der Waals surface area contributed by atoms with E-state index in [-0.39, 0.29) is 11.4 Å². The van der Waals surface area contributed by atoms with Gasteiger partial charge in [-0.05, 0) is 11.6 Å². The Bertz CT molecular complexity index is 475. The number of aromatic nitrogens is 1. The molecule has 0 fully saturated rings. The molecule has 0 spiro atoms. The molecular formula is C11H9ClFNOS. The largest absolute Gasteiger partial charge is 0.386 e. The van der Waals surface area contributed by atoms with Gasteiger partial charge in [-0.15, -0.1) is 11.3 Å². The molecule has 2 aromatic rings. The van der Waals surface area contributed by atoms with Crippen LogP contribution in [0.25, 0.3) is 0 Å². The summed E-state index contributed by atoms with van der Waals surface area (Å²) < 4.78 is 13.1. The van der Waals surface area contributed by atoms with Gasteiger partial charge in [0.05, 0.1) is 16.2 Å². The van der Waals surface area contributed by atoms with Crippen LogP contribution >= 0.6 is 22.9 Å². The van der Waals surface area contributed by atoms with E-state index in [4.69, 9.17) is 11.6 Å². The number of aliphatic hydroxyl groups excluding tert-OH is 1. The normalized spacial score (nSPS) is 12.7. The van der Waals surface area contributed by atoms with Crippen LogP contribution in [0.4, 0.5) is 4.39 Å². The van der Waals surface area contributed by atoms with Crippen molar-refractivity contribution in [3.8, 4) is 0 Å². The van der Waals surface area contributed by atoms with Crippen molar-refractivity contribution in [2.45, 2.75) is 12.5 Å². The smallest absolute Gasteiger partial charge is 0.142 e. The first-order valence-corrected chi connectivity index (χ1v) is 5.99. The minimum Gasteiger partial charge on any atom is -0.386 e. The zero-order valence-electron chi connectivity index (χ0n) is 8.23. The van der Waals surface area contributed by atoms with E-state index in [9.17, 15) is 9.50 Å². The van der Waals surface area contributed by atoms with E-state index in [1.165, 1.54) is 17.4 Å². The van der Waals surface area contributed by atoms with Crippen LogP contribution in [0, 0.1) is 5.82 Å². The molecule has 0 saturated heterocycles. The van der Waals surface area contributed by atoms with Crippen LogP contribution in [-0.2, 0) is 6.42 Å². The Labute approximate surface area is 101 Å². The summed E-state index contributed by atoms with van der Waals surface area (Å²) in [6.07, 6.45) is -0.481. The minimum absolute atomic E-state index is 0.0665. The van der Waals surface area contributed by atoms with E-state index in [0.717, 1.165) is 0 Å². The zero-order chi connectivity index (χ0) is 11.5. The van der Waals surface area contributed by atoms with E-state index in [1.807, 2.05) is 0 Å². The molecule has 1 N–H and O–H groups in total. The maximum absolute atomic E-state index is 13.1. The predicted molar refractivity (Wildman–Crippen MR) is 62.2 cm³/mol. The minimum atomic E-state index is -0.745. The Balaban J connectivity index is 2.18. The molecule has 84 valence electrons. The first kappa shape index (κ1) is 11.5. The first-order chi connectivity index (χ1) is 7.68. The van der Waals surface area contributed by atoms with E-state index in [2.05, 4.69) is 4.98 Å². The third-order valence-corrected chi connectivity index (χ3v) is 3.27. The third kappa shape index (κ3) is 2.40. The zero-order valence-corrected chi connectivity index (χ0v) is 9.80. The van der Waals surface area contributed by atoms with Crippen molar-refractivity contribution in [2.75, 3.05) is 0 Å². The summed E-state index contributed by atoms with van der Waals surface area (Å²) in [5, 5.41) is 11.7. The predicted octanol–water partition coefficient (Wildman–Crippen LogP) is 3.21. The van der Waals surface area contributed by atoms with Crippen LogP contribution in [0.3, 0.4) is 0 Å². The highest BCUT2D eigenvalue weighted by molar-refractivity contribution is 7.07. The lowest BCUT2D eigenvalue weighted by atomic mass is 10.1. The monoisotopic (exact) mass is 257 g/mol. The van der Waals surface area contributed by atoms with Crippen molar-refractivity contribution in [1.82, 2.24) is 4.98 Å². The summed E-state index contributed by atoms with van der Waals surface area (Å²) in [5.41, 5.74) is 2.82. The maximum Gasteiger partial charge on any atom is 0.142 e. The van der Waals surface area contributed by atoms with Crippen LogP contribution in [0.1, 0.15) is 17.4 Å². The highest BCUT2D eigenvalue weighted by atomic mass is 35.5. The van der Waals surface area contributed by atoms with Crippen molar-refractivity contribution in [1.29, 1.82) is 0 Å². The molecule has 0 saturated carbocycles. The molecule has 2 rings (SSSR count). The molecule has 1 atom stereocenters. The van der Waals surface area contributed by atoms with Gasteiger partial charge in [-0.2, -0.15) is 0 Å². The van der Waals surface area contributed by atoms with Crippen molar-refractivity contribution < 1.29 is 9.50 Å². The molecule has 0 aliphatic carbocycles. The van der Waals surface area contributed by atoms with E-state index < -0.39 is 11.9 Å². The van der Waals surface area contributed by atoms with Gasteiger partial charge >= 0.3 is 0 Å². The number of hydrogen-bond donors (Lipinski definition) is 1. The Morgan fingerprint density at radius 3 is 3.00 bits per heavy atom. The first-order valence-electron chi connectivity index (χ1n) is 4.67. The van der Waals surface area contributed by atoms with Crippen molar-refractivity contribution in [2.24, 2.45) is 0 Å². The number of halogens is 2. The van der Waals surface area contributed by atoms with Crippen molar-refractivity contribution >= 4 is 22.9 Å². The van der Waals surface area contributed by atoms with Crippen LogP contribution < -0.4 is 0 Å². The molecular weight excluding hydrogens is 249 g/mol. The van der Waals surface area contributed by atoms with Gasteiger partial charge in [0.1, 0.15) is 11.9 Å². The summed E-state index contributed by atoms with van der Waals surface area (Å²) in [6, 6.07) is 4.56. The number of nitrogens with zero attached hydrogens (tertiary/aromatic N) is 1. The average Bonchev–Trinajstić information content (AvgIpc) is 2.78. The molecule has 1 aromatic carbocycles. The quantitative estimate of drug-likeness (QED) is 0.916. The molecule has 0 radical (unpaired) electrons. The highest BCUT2D eigenvalue weighted by Crippen LogP contribution is 2.25. The van der Waals surface area contributed by atoms with Crippen molar-refractivity contribution in [3.05, 3.63) is 51.2 Å². The fraction of sp³-hybridized carbons (Fsp3) is 0.182. The molecule has 0 aliphatic rings. The van der Waals surface area contributed by atoms with Crippen LogP contribution in [-0.4, -0.2) is 10.1 Å². The molecule has 1 aromatic heterocycles. The van der Waals surface area contributed by atoms with E-state index in [0.29, 0.717) is 11.3 Å². The van der Waals surface area contributed by atoms with E-state index in [1.54, 1.807) is 23.0 Å². The fourth-order valence-electron chi connectivity index (χ4n) is 1.41. The molecule has 0 bridgehead atoms. The topological polar surface area (TPSA) is 33.1 Å². The summed E-state index contributed by atoms with van der Waals surface area (Å²) >= 11 is 7.20. The average molecular weight is 258 g/mol. The second-order valence-electron chi connectivity index (χ2n) is 3.35. The van der Waals surface area contributed by atoms with Crippen LogP contribution in [0.15, 0.2) is 29.1 Å². The molecule has 1 unspecified atom stereocenters. The van der Waals surface area contributed by atoms with Gasteiger partial charge in [-0.3, -0.25) is 0 Å². The lowest BCUT2D eigenvalue weighted by Gasteiger charge is -2.09. The summed E-state index contributed by atoms with van der Waals surface area (Å²) in [5.74, 6) is -0.468. The van der Waals surface area contributed by atoms with Gasteiger partial charge < -0.3 is 5.11 Å². The second-order valence-corrected chi connectivity index (χ2v) is 4.44. The molecule has 16 heavy (non-hydrogen) atoms. The lowest BCUT2D eigenvalue weighted by molar-refractivity contribution is 0.174. The molecule has 1 heterocycles. The van der Waals surface area contributed by atoms with Gasteiger partial charge in [-0.1, -0.05) is 23.7 Å². The number of rotatable bonds is 3. The van der Waals surface area contributed by atoms with Gasteiger partial charge in [0.2, 0.25) is 0 Å². The Morgan fingerprint density at radius 2 is 2.31 bits per heavy atom. The summed E-state index contributed by atoms with van der Waals surface area (Å²) in [6.45, 7) is 0. The maximum atomic E-state index is 13.1. The molecule has 2 nitrogen and oxygen atoms in total. The number of thiazole rings is 1. The third-order valence-electron chi connectivity index (χ3n) is 2.24. The second kappa shape index (κ2) is 4.91. The molecule has 0 amide bonds. The SMILES string of the molecule is OC(Cc1cccc(F)c1Cl)c1cscn1. The Morgan fingerprint density at radius 1 is 1.50 bits per heavy atom. The molecule has 5 heteroatoms. The van der Waals surface area contributed by atoms with Gasteiger partial charge in [-0.25, -0.2) is 9.37 Å². The number of hydrogen-bond acceptors (Lipinski definition) is 3. The van der Waals surface area contributed by atoms with E-state index >= 15 is 0 Å². The van der Waals surface area contributed by atoms with Gasteiger partial charge in [0.15, 0.2) is 0 Å². The number of aliphatic hydroxyl groups is 1. The standard InChI is InChI=1S/C11H9ClFNOS/c12-11-7(2-1-3-8(11)13)4-10(15)9-5-16-6-14-9/h1-3,5-6,10,15H,4H2. The van der Waals surface area contributed by atoms with Crippen molar-refractivity contribution in [3.63, 3.8) is 0 Å². The van der Waals surface area contributed by atoms with Crippen LogP contribution in [0.5, 0.6) is 0 Å². The van der Waals surface area contributed by atoms with Gasteiger partial charge in [0, 0.05) is 11.8 Å². The summed E-state index contributed by atoms with van der Waals surface area (Å²) in [4.78, 5) is 4.00. The molecule has 0 aliphatic heterocycles. The van der Waals surface area contributed by atoms with Crippen LogP contribution in [0.2, 0.25) is 5.02 Å². The summed E-state index contributed by atoms with van der Waals surface area (Å²) in [7, 11) is 0. The Hall–Kier alpha value is -0.970. The van der Waals surface area contributed by atoms with Gasteiger partial charge in [0.25, 0.3) is 0 Å². The Kier molecular flexibility index (Phi) is 3.53.